The highest BCUT2D eigenvalue weighted by Gasteiger charge is 2.24. The molecule has 1 aliphatic carbocycles. The Bertz CT molecular complexity index is 472. The van der Waals surface area contributed by atoms with Crippen molar-refractivity contribution in [1.29, 1.82) is 0 Å². The smallest absolute Gasteiger partial charge is 0.246 e. The summed E-state index contributed by atoms with van der Waals surface area (Å²) in [6.07, 6.45) is 4.71. The van der Waals surface area contributed by atoms with Gasteiger partial charge in [-0.3, -0.25) is 4.79 Å². The van der Waals surface area contributed by atoms with E-state index in [2.05, 4.69) is 12.2 Å². The van der Waals surface area contributed by atoms with Gasteiger partial charge in [0.05, 0.1) is 12.6 Å². The molecule has 0 bridgehead atoms. The van der Waals surface area contributed by atoms with Crippen LogP contribution in [0.2, 0.25) is 0 Å². The zero-order valence-corrected chi connectivity index (χ0v) is 13.5. The van der Waals surface area contributed by atoms with Crippen molar-refractivity contribution in [2.75, 3.05) is 13.2 Å². The second-order valence-electron chi connectivity index (χ2n) is 6.62. The number of carbonyl (C=O) groups is 1. The highest BCUT2D eigenvalue weighted by atomic mass is 16.5. The predicted molar refractivity (Wildman–Crippen MR) is 86.4 cm³/mol. The SMILES string of the molecule is CC1CCCC(OCC(=O)NCC(C)(O)c2ccccc2)C1. The third kappa shape index (κ3) is 5.11. The van der Waals surface area contributed by atoms with E-state index in [1.165, 1.54) is 12.8 Å². The molecule has 4 nitrogen and oxygen atoms in total. The van der Waals surface area contributed by atoms with Crippen LogP contribution >= 0.6 is 0 Å². The Morgan fingerprint density at radius 3 is 2.77 bits per heavy atom. The van der Waals surface area contributed by atoms with Crippen LogP contribution < -0.4 is 5.32 Å². The van der Waals surface area contributed by atoms with Crippen LogP contribution in [0.5, 0.6) is 0 Å². The average molecular weight is 305 g/mol. The Kier molecular flexibility index (Phi) is 5.98. The minimum absolute atomic E-state index is 0.0717. The van der Waals surface area contributed by atoms with Gasteiger partial charge in [0.15, 0.2) is 0 Å². The van der Waals surface area contributed by atoms with Gasteiger partial charge < -0.3 is 15.2 Å². The maximum atomic E-state index is 11.9. The second kappa shape index (κ2) is 7.75. The molecule has 1 aliphatic rings. The number of aliphatic hydroxyl groups is 1. The molecule has 3 unspecified atom stereocenters. The average Bonchev–Trinajstić information content (AvgIpc) is 2.52. The topological polar surface area (TPSA) is 58.6 Å². The monoisotopic (exact) mass is 305 g/mol. The molecular formula is C18H27NO3. The van der Waals surface area contributed by atoms with E-state index in [-0.39, 0.29) is 25.2 Å². The van der Waals surface area contributed by atoms with Gasteiger partial charge in [0.1, 0.15) is 12.2 Å². The van der Waals surface area contributed by atoms with E-state index in [0.29, 0.717) is 5.92 Å². The van der Waals surface area contributed by atoms with E-state index >= 15 is 0 Å². The minimum Gasteiger partial charge on any atom is -0.384 e. The van der Waals surface area contributed by atoms with E-state index in [0.717, 1.165) is 18.4 Å². The van der Waals surface area contributed by atoms with E-state index < -0.39 is 5.60 Å². The van der Waals surface area contributed by atoms with E-state index in [1.54, 1.807) is 6.92 Å². The van der Waals surface area contributed by atoms with Gasteiger partial charge in [-0.25, -0.2) is 0 Å². The second-order valence-corrected chi connectivity index (χ2v) is 6.62. The van der Waals surface area contributed by atoms with Crippen LogP contribution in [0.3, 0.4) is 0 Å². The van der Waals surface area contributed by atoms with E-state index in [9.17, 15) is 9.90 Å². The van der Waals surface area contributed by atoms with E-state index in [1.807, 2.05) is 30.3 Å². The van der Waals surface area contributed by atoms with Gasteiger partial charge >= 0.3 is 0 Å². The molecule has 0 heterocycles. The molecule has 1 saturated carbocycles. The zero-order valence-electron chi connectivity index (χ0n) is 13.5. The molecular weight excluding hydrogens is 278 g/mol. The third-order valence-corrected chi connectivity index (χ3v) is 4.36. The molecule has 1 amide bonds. The molecule has 1 fully saturated rings. The van der Waals surface area contributed by atoms with Crippen molar-refractivity contribution in [2.45, 2.75) is 51.2 Å². The standard InChI is InChI=1S/C18H27NO3/c1-14-7-6-10-16(11-14)22-12-17(20)19-13-18(2,21)15-8-4-3-5-9-15/h3-5,8-9,14,16,21H,6-7,10-13H2,1-2H3,(H,19,20). The van der Waals surface area contributed by atoms with E-state index in [4.69, 9.17) is 4.74 Å². The molecule has 2 N–H and O–H groups in total. The molecule has 0 saturated heterocycles. The number of ether oxygens (including phenoxy) is 1. The Balaban J connectivity index is 1.73. The van der Waals surface area contributed by atoms with Gasteiger partial charge in [-0.15, -0.1) is 0 Å². The van der Waals surface area contributed by atoms with Crippen molar-refractivity contribution in [3.63, 3.8) is 0 Å². The van der Waals surface area contributed by atoms with Crippen molar-refractivity contribution in [3.05, 3.63) is 35.9 Å². The Labute approximate surface area is 132 Å². The summed E-state index contributed by atoms with van der Waals surface area (Å²) in [6.45, 7) is 4.18. The van der Waals surface area contributed by atoms with Crippen molar-refractivity contribution >= 4 is 5.91 Å². The van der Waals surface area contributed by atoms with Crippen molar-refractivity contribution in [3.8, 4) is 0 Å². The Morgan fingerprint density at radius 1 is 1.36 bits per heavy atom. The number of rotatable bonds is 6. The highest BCUT2D eigenvalue weighted by molar-refractivity contribution is 5.77. The summed E-state index contributed by atoms with van der Waals surface area (Å²) in [7, 11) is 0. The number of amides is 1. The predicted octanol–water partition coefficient (Wildman–Crippen LogP) is 2.61. The van der Waals surface area contributed by atoms with Crippen LogP contribution in [0.25, 0.3) is 0 Å². The van der Waals surface area contributed by atoms with Crippen LogP contribution in [0.15, 0.2) is 30.3 Å². The zero-order chi connectivity index (χ0) is 16.0. The lowest BCUT2D eigenvalue weighted by molar-refractivity contribution is -0.129. The van der Waals surface area contributed by atoms with Gasteiger partial charge in [0.2, 0.25) is 5.91 Å². The molecule has 122 valence electrons. The van der Waals surface area contributed by atoms with Crippen molar-refractivity contribution < 1.29 is 14.6 Å². The number of hydrogen-bond acceptors (Lipinski definition) is 3. The van der Waals surface area contributed by atoms with Crippen LogP contribution in [0, 0.1) is 5.92 Å². The summed E-state index contributed by atoms with van der Waals surface area (Å²) in [5, 5.41) is 13.2. The molecule has 0 aliphatic heterocycles. The highest BCUT2D eigenvalue weighted by Crippen LogP contribution is 2.25. The lowest BCUT2D eigenvalue weighted by atomic mass is 9.89. The maximum absolute atomic E-state index is 11.9. The summed E-state index contributed by atoms with van der Waals surface area (Å²) in [6, 6.07) is 9.35. The van der Waals surface area contributed by atoms with Crippen LogP contribution in [0.4, 0.5) is 0 Å². The largest absolute Gasteiger partial charge is 0.384 e. The molecule has 0 radical (unpaired) electrons. The van der Waals surface area contributed by atoms with Gasteiger partial charge in [-0.1, -0.05) is 50.1 Å². The normalized spacial score (nSPS) is 24.5. The molecule has 4 heteroatoms. The summed E-state index contributed by atoms with van der Waals surface area (Å²) in [4.78, 5) is 11.9. The number of carbonyl (C=O) groups excluding carboxylic acids is 1. The molecule has 2 rings (SSSR count). The molecule has 3 atom stereocenters. The van der Waals surface area contributed by atoms with Crippen LogP contribution in [-0.2, 0) is 15.1 Å². The summed E-state index contributed by atoms with van der Waals surface area (Å²) < 4.78 is 5.69. The van der Waals surface area contributed by atoms with Crippen molar-refractivity contribution in [2.24, 2.45) is 5.92 Å². The Hall–Kier alpha value is -1.39. The molecule has 0 spiro atoms. The first-order valence-corrected chi connectivity index (χ1v) is 8.13. The Morgan fingerprint density at radius 2 is 2.09 bits per heavy atom. The molecule has 1 aromatic rings. The van der Waals surface area contributed by atoms with Gasteiger partial charge in [0.25, 0.3) is 0 Å². The minimum atomic E-state index is -1.07. The lowest BCUT2D eigenvalue weighted by Gasteiger charge is -2.27. The van der Waals surface area contributed by atoms with Gasteiger partial charge in [-0.2, -0.15) is 0 Å². The van der Waals surface area contributed by atoms with Gasteiger partial charge in [0, 0.05) is 0 Å². The number of benzene rings is 1. The van der Waals surface area contributed by atoms with Crippen LogP contribution in [0.1, 0.15) is 45.1 Å². The quantitative estimate of drug-likeness (QED) is 0.849. The van der Waals surface area contributed by atoms with Crippen molar-refractivity contribution in [1.82, 2.24) is 5.32 Å². The van der Waals surface area contributed by atoms with Gasteiger partial charge in [-0.05, 0) is 31.2 Å². The molecule has 0 aromatic heterocycles. The first kappa shape index (κ1) is 17.0. The molecule has 22 heavy (non-hydrogen) atoms. The lowest BCUT2D eigenvalue weighted by Crippen LogP contribution is -2.40. The number of hydrogen-bond donors (Lipinski definition) is 2. The summed E-state index contributed by atoms with van der Waals surface area (Å²) in [5.41, 5.74) is -0.284. The third-order valence-electron chi connectivity index (χ3n) is 4.36. The first-order chi connectivity index (χ1) is 10.5. The fourth-order valence-corrected chi connectivity index (χ4v) is 2.94. The summed E-state index contributed by atoms with van der Waals surface area (Å²) >= 11 is 0. The first-order valence-electron chi connectivity index (χ1n) is 8.13. The fraction of sp³-hybridized carbons (Fsp3) is 0.611. The summed E-state index contributed by atoms with van der Waals surface area (Å²) in [5.74, 6) is 0.509. The van der Waals surface area contributed by atoms with Crippen LogP contribution in [-0.4, -0.2) is 30.3 Å². The molecule has 1 aromatic carbocycles. The fourth-order valence-electron chi connectivity index (χ4n) is 2.94. The maximum Gasteiger partial charge on any atom is 0.246 e. The number of nitrogens with one attached hydrogen (secondary N) is 1.